The molecule has 1 nitrogen and oxygen atoms in total. The summed E-state index contributed by atoms with van der Waals surface area (Å²) in [5.74, 6) is 0.997. The van der Waals surface area contributed by atoms with Crippen molar-refractivity contribution in [3.63, 3.8) is 0 Å². The first-order valence-electron chi connectivity index (χ1n) is 3.41. The minimum atomic E-state index is 0.997. The Bertz CT molecular complexity index is 389. The third kappa shape index (κ3) is 1.15. The minimum Gasteiger partial charge on any atom is -0.468 e. The van der Waals surface area contributed by atoms with Crippen molar-refractivity contribution in [1.29, 1.82) is 0 Å². The summed E-state index contributed by atoms with van der Waals surface area (Å²) in [5.41, 5.74) is 0. The maximum absolute atomic E-state index is 5.27. The lowest BCUT2D eigenvalue weighted by molar-refractivity contribution is 0.540. The van der Waals surface area contributed by atoms with Crippen LogP contribution in [0.4, 0.5) is 0 Å². The van der Waals surface area contributed by atoms with Crippen LogP contribution in [0.2, 0.25) is 0 Å². The van der Waals surface area contributed by atoms with Gasteiger partial charge in [-0.3, -0.25) is 0 Å². The van der Waals surface area contributed by atoms with Gasteiger partial charge in [0.2, 0.25) is 0 Å². The monoisotopic (exact) mass is 258 g/mol. The van der Waals surface area contributed by atoms with Crippen LogP contribution in [0.25, 0.3) is 10.8 Å². The lowest BCUT2D eigenvalue weighted by Gasteiger charge is -1.89. The zero-order chi connectivity index (χ0) is 7.84. The van der Waals surface area contributed by atoms with Crippen LogP contribution in [0.1, 0.15) is 5.76 Å². The van der Waals surface area contributed by atoms with E-state index in [0.29, 0.717) is 0 Å². The summed E-state index contributed by atoms with van der Waals surface area (Å²) in [6.07, 6.45) is 1.80. The van der Waals surface area contributed by atoms with E-state index in [-0.39, 0.29) is 0 Å². The molecule has 11 heavy (non-hydrogen) atoms. The van der Waals surface area contributed by atoms with Gasteiger partial charge in [-0.1, -0.05) is 0 Å². The lowest BCUT2D eigenvalue weighted by atomic mass is 10.2. The molecule has 1 aromatic heterocycles. The Hall–Kier alpha value is -0.510. The number of furan rings is 1. The summed E-state index contributed by atoms with van der Waals surface area (Å²) in [7, 11) is 0. The van der Waals surface area contributed by atoms with Gasteiger partial charge in [-0.2, -0.15) is 0 Å². The van der Waals surface area contributed by atoms with Crippen LogP contribution in [0, 0.1) is 10.5 Å². The average molecular weight is 258 g/mol. The number of rotatable bonds is 0. The van der Waals surface area contributed by atoms with Crippen molar-refractivity contribution in [1.82, 2.24) is 0 Å². The highest BCUT2D eigenvalue weighted by Gasteiger charge is 2.00. The van der Waals surface area contributed by atoms with Gasteiger partial charge in [0.25, 0.3) is 0 Å². The number of hydrogen-bond acceptors (Lipinski definition) is 1. The molecule has 0 unspecified atom stereocenters. The van der Waals surface area contributed by atoms with E-state index in [9.17, 15) is 0 Å². The van der Waals surface area contributed by atoms with E-state index in [1.54, 1.807) is 6.26 Å². The Balaban J connectivity index is 2.86. The van der Waals surface area contributed by atoms with Crippen LogP contribution in [0.3, 0.4) is 0 Å². The topological polar surface area (TPSA) is 13.1 Å². The van der Waals surface area contributed by atoms with Gasteiger partial charge in [0.15, 0.2) is 0 Å². The SMILES string of the molecule is Cc1occ2cc(I)ccc12. The largest absolute Gasteiger partial charge is 0.468 e. The predicted octanol–water partition coefficient (Wildman–Crippen LogP) is 3.35. The van der Waals surface area contributed by atoms with E-state index in [1.807, 2.05) is 6.92 Å². The molecule has 0 bridgehead atoms. The van der Waals surface area contributed by atoms with Crippen molar-refractivity contribution in [2.45, 2.75) is 6.92 Å². The van der Waals surface area contributed by atoms with Crippen LogP contribution in [0.15, 0.2) is 28.9 Å². The van der Waals surface area contributed by atoms with E-state index in [0.717, 1.165) is 5.76 Å². The maximum atomic E-state index is 5.27. The summed E-state index contributed by atoms with van der Waals surface area (Å²) >= 11 is 2.30. The Kier molecular flexibility index (Phi) is 1.64. The standard InChI is InChI=1S/C9H7IO/c1-6-9-3-2-8(10)4-7(9)5-11-6/h2-5H,1H3. The number of benzene rings is 1. The average Bonchev–Trinajstić information content (AvgIpc) is 2.32. The molecule has 0 aliphatic carbocycles. The molecule has 0 saturated carbocycles. The summed E-state index contributed by atoms with van der Waals surface area (Å²) < 4.78 is 6.51. The van der Waals surface area contributed by atoms with Gasteiger partial charge in [0, 0.05) is 14.3 Å². The minimum absolute atomic E-state index is 0.997. The van der Waals surface area contributed by atoms with Crippen molar-refractivity contribution >= 4 is 33.4 Å². The van der Waals surface area contributed by atoms with Gasteiger partial charge in [0.05, 0.1) is 6.26 Å². The second kappa shape index (κ2) is 2.52. The Morgan fingerprint density at radius 2 is 2.18 bits per heavy atom. The molecule has 0 amide bonds. The van der Waals surface area contributed by atoms with Crippen LogP contribution in [-0.4, -0.2) is 0 Å². The summed E-state index contributed by atoms with van der Waals surface area (Å²) in [4.78, 5) is 0. The van der Waals surface area contributed by atoms with E-state index in [2.05, 4.69) is 40.8 Å². The van der Waals surface area contributed by atoms with Gasteiger partial charge in [0.1, 0.15) is 5.76 Å². The molecule has 0 spiro atoms. The molecule has 2 aromatic rings. The first-order valence-corrected chi connectivity index (χ1v) is 4.48. The highest BCUT2D eigenvalue weighted by molar-refractivity contribution is 14.1. The second-order valence-corrected chi connectivity index (χ2v) is 3.77. The molecule has 0 aliphatic heterocycles. The fourth-order valence-corrected chi connectivity index (χ4v) is 1.68. The van der Waals surface area contributed by atoms with Crippen molar-refractivity contribution in [2.24, 2.45) is 0 Å². The van der Waals surface area contributed by atoms with Crippen molar-refractivity contribution in [3.05, 3.63) is 33.8 Å². The Morgan fingerprint density at radius 1 is 1.36 bits per heavy atom. The highest BCUT2D eigenvalue weighted by atomic mass is 127. The molecule has 0 aliphatic rings. The van der Waals surface area contributed by atoms with E-state index in [1.165, 1.54) is 14.3 Å². The lowest BCUT2D eigenvalue weighted by Crippen LogP contribution is -1.69. The first kappa shape index (κ1) is 7.16. The summed E-state index contributed by atoms with van der Waals surface area (Å²) in [6.45, 7) is 1.98. The highest BCUT2D eigenvalue weighted by Crippen LogP contribution is 2.21. The maximum Gasteiger partial charge on any atom is 0.108 e. The second-order valence-electron chi connectivity index (χ2n) is 2.52. The normalized spacial score (nSPS) is 10.7. The van der Waals surface area contributed by atoms with Gasteiger partial charge in [-0.15, -0.1) is 0 Å². The van der Waals surface area contributed by atoms with E-state index >= 15 is 0 Å². The molecular formula is C9H7IO. The van der Waals surface area contributed by atoms with Crippen LogP contribution >= 0.6 is 22.6 Å². The third-order valence-corrected chi connectivity index (χ3v) is 2.43. The van der Waals surface area contributed by atoms with Gasteiger partial charge >= 0.3 is 0 Å². The fourth-order valence-electron chi connectivity index (χ4n) is 1.17. The number of halogens is 1. The molecule has 0 atom stereocenters. The van der Waals surface area contributed by atoms with E-state index in [4.69, 9.17) is 4.42 Å². The van der Waals surface area contributed by atoms with Crippen LogP contribution < -0.4 is 0 Å². The molecule has 0 saturated heterocycles. The van der Waals surface area contributed by atoms with Crippen LogP contribution in [-0.2, 0) is 0 Å². The van der Waals surface area contributed by atoms with Gasteiger partial charge in [-0.25, -0.2) is 0 Å². The van der Waals surface area contributed by atoms with E-state index < -0.39 is 0 Å². The van der Waals surface area contributed by atoms with Gasteiger partial charge < -0.3 is 4.42 Å². The number of hydrogen-bond donors (Lipinski definition) is 0. The molecule has 0 radical (unpaired) electrons. The first-order chi connectivity index (χ1) is 5.27. The van der Waals surface area contributed by atoms with Crippen molar-refractivity contribution < 1.29 is 4.42 Å². The zero-order valence-corrected chi connectivity index (χ0v) is 8.25. The third-order valence-electron chi connectivity index (χ3n) is 1.76. The molecule has 56 valence electrons. The smallest absolute Gasteiger partial charge is 0.108 e. The summed E-state index contributed by atoms with van der Waals surface area (Å²) in [5, 5.41) is 2.40. The summed E-state index contributed by atoms with van der Waals surface area (Å²) in [6, 6.07) is 6.30. The fraction of sp³-hybridized carbons (Fsp3) is 0.111. The molecule has 0 N–H and O–H groups in total. The zero-order valence-electron chi connectivity index (χ0n) is 6.10. The van der Waals surface area contributed by atoms with Crippen LogP contribution in [0.5, 0.6) is 0 Å². The molecule has 1 heterocycles. The molecule has 2 heteroatoms. The van der Waals surface area contributed by atoms with Gasteiger partial charge in [-0.05, 0) is 47.7 Å². The predicted molar refractivity (Wildman–Crippen MR) is 53.7 cm³/mol. The molecule has 1 aromatic carbocycles. The van der Waals surface area contributed by atoms with Crippen molar-refractivity contribution in [2.75, 3.05) is 0 Å². The quantitative estimate of drug-likeness (QED) is 0.660. The van der Waals surface area contributed by atoms with Crippen molar-refractivity contribution in [3.8, 4) is 0 Å². The molecule has 2 rings (SSSR count). The molecule has 0 fully saturated rings. The Morgan fingerprint density at radius 3 is 3.00 bits per heavy atom. The number of fused-ring (bicyclic) bond motifs is 1. The number of aryl methyl sites for hydroxylation is 1. The molecular weight excluding hydrogens is 251 g/mol. The Labute approximate surface area is 78.5 Å².